The predicted molar refractivity (Wildman–Crippen MR) is 187 cm³/mol. The molecule has 0 unspecified atom stereocenters. The third-order valence-electron chi connectivity index (χ3n) is 8.17. The molecule has 44 heavy (non-hydrogen) atoms. The molecule has 2 N–H and O–H groups in total. The first-order chi connectivity index (χ1) is 21.4. The van der Waals surface area contributed by atoms with Crippen LogP contribution in [-0.2, 0) is 12.8 Å². The lowest BCUT2D eigenvalue weighted by Gasteiger charge is -2.08. The normalized spacial score (nSPS) is 12.5. The van der Waals surface area contributed by atoms with Gasteiger partial charge in [-0.2, -0.15) is 0 Å². The molecule has 2 aliphatic heterocycles. The van der Waals surface area contributed by atoms with Gasteiger partial charge >= 0.3 is 0 Å². The zero-order valence-corrected chi connectivity index (χ0v) is 25.9. The van der Waals surface area contributed by atoms with Crippen LogP contribution in [0.4, 0.5) is 0 Å². The number of H-pyrrole nitrogens is 2. The second-order valence-corrected chi connectivity index (χ2v) is 12.8. The van der Waals surface area contributed by atoms with Gasteiger partial charge in [-0.15, -0.1) is 0 Å². The molecule has 0 spiro atoms. The number of hydrogen-bond acceptors (Lipinski definition) is 2. The van der Waals surface area contributed by atoms with Crippen molar-refractivity contribution in [3.05, 3.63) is 119 Å². The Morgan fingerprint density at radius 3 is 1.30 bits per heavy atom. The molecule has 8 bridgehead atoms. The third-order valence-corrected chi connectivity index (χ3v) is 8.17. The molecular weight excluding hydrogens is 536 g/mol. The van der Waals surface area contributed by atoms with E-state index in [1.165, 1.54) is 11.1 Å². The Hall–Kier alpha value is -4.96. The van der Waals surface area contributed by atoms with Gasteiger partial charge in [-0.1, -0.05) is 76.2 Å². The largest absolute Gasteiger partial charge is 0.355 e. The van der Waals surface area contributed by atoms with E-state index < -0.39 is 0 Å². The Morgan fingerprint density at radius 2 is 0.909 bits per heavy atom. The van der Waals surface area contributed by atoms with E-state index in [1.54, 1.807) is 0 Å². The summed E-state index contributed by atoms with van der Waals surface area (Å²) in [5, 5.41) is 0. The topological polar surface area (TPSA) is 57.4 Å². The van der Waals surface area contributed by atoms with Crippen molar-refractivity contribution >= 4 is 46.4 Å². The lowest BCUT2D eigenvalue weighted by molar-refractivity contribution is 0.647. The van der Waals surface area contributed by atoms with Gasteiger partial charge in [0.05, 0.1) is 22.8 Å². The van der Waals surface area contributed by atoms with Crippen molar-refractivity contribution in [1.82, 2.24) is 19.9 Å². The molecular formula is C40H38N4. The third kappa shape index (κ3) is 5.80. The number of benzene rings is 2. The molecule has 0 fully saturated rings. The van der Waals surface area contributed by atoms with Crippen molar-refractivity contribution in [3.63, 3.8) is 0 Å². The van der Waals surface area contributed by atoms with Gasteiger partial charge in [0.15, 0.2) is 0 Å². The zero-order chi connectivity index (χ0) is 30.2. The van der Waals surface area contributed by atoms with Crippen LogP contribution in [-0.4, -0.2) is 19.9 Å². The lowest BCUT2D eigenvalue weighted by atomic mass is 9.98. The van der Waals surface area contributed by atoms with Crippen LogP contribution in [0.2, 0.25) is 0 Å². The molecule has 0 atom stereocenters. The average molecular weight is 575 g/mol. The number of aromatic amines is 2. The van der Waals surface area contributed by atoms with E-state index in [2.05, 4.69) is 147 Å². The number of fused-ring (bicyclic) bond motifs is 8. The van der Waals surface area contributed by atoms with Crippen LogP contribution >= 0.6 is 0 Å². The van der Waals surface area contributed by atoms with Crippen LogP contribution < -0.4 is 0 Å². The van der Waals surface area contributed by atoms with E-state index in [0.29, 0.717) is 11.8 Å². The maximum absolute atomic E-state index is 5.10. The number of nitrogens with one attached hydrogen (secondary N) is 2. The quantitative estimate of drug-likeness (QED) is 0.208. The van der Waals surface area contributed by atoms with Crippen molar-refractivity contribution < 1.29 is 0 Å². The Morgan fingerprint density at radius 1 is 0.500 bits per heavy atom. The first-order valence-electron chi connectivity index (χ1n) is 15.7. The van der Waals surface area contributed by atoms with Crippen LogP contribution in [0, 0.1) is 11.8 Å². The maximum Gasteiger partial charge on any atom is 0.0736 e. The summed E-state index contributed by atoms with van der Waals surface area (Å²) in [6, 6.07) is 30.7. The first-order valence-corrected chi connectivity index (χ1v) is 15.7. The number of rotatable bonds is 6. The molecule has 3 aromatic heterocycles. The van der Waals surface area contributed by atoms with Crippen molar-refractivity contribution in [2.75, 3.05) is 0 Å². The standard InChI is InChI=1S/C40H38N4/c1-25(2)21-27-5-9-29(10-6-27)39-35-17-13-31(41-35)23-33-15-19-37(43-33)40(30-11-7-28(8-12-30)22-26(3)4)38-20-16-34(44-38)24-32-14-18-36(39)42-32/h5-20,23-26,41,44H,21-22H2,1-4H3. The van der Waals surface area contributed by atoms with Gasteiger partial charge in [0, 0.05) is 33.2 Å². The minimum absolute atomic E-state index is 0.621. The SMILES string of the molecule is CC(C)Cc1ccc(-c2c3nc(cc4ccc([nH]4)c(-c4ccc(CC(C)C)cc4)c4nc(cc5ccc2[nH]5)C=C4)C=C3)cc1. The van der Waals surface area contributed by atoms with Crippen LogP contribution in [0.3, 0.4) is 0 Å². The Balaban J connectivity index is 1.44. The van der Waals surface area contributed by atoms with Crippen molar-refractivity contribution in [2.24, 2.45) is 11.8 Å². The minimum Gasteiger partial charge on any atom is -0.355 e. The molecule has 0 radical (unpaired) electrons. The summed E-state index contributed by atoms with van der Waals surface area (Å²) in [5.74, 6) is 1.24. The van der Waals surface area contributed by atoms with Gasteiger partial charge in [0.25, 0.3) is 0 Å². The van der Waals surface area contributed by atoms with E-state index in [9.17, 15) is 0 Å². The average Bonchev–Trinajstić information content (AvgIpc) is 3.81. The summed E-state index contributed by atoms with van der Waals surface area (Å²) in [6.07, 6.45) is 10.6. The molecule has 0 aliphatic carbocycles. The Bertz CT molecular complexity index is 1900. The van der Waals surface area contributed by atoms with Crippen molar-refractivity contribution in [2.45, 2.75) is 40.5 Å². The van der Waals surface area contributed by atoms with Gasteiger partial charge in [-0.3, -0.25) is 0 Å². The van der Waals surface area contributed by atoms with Gasteiger partial charge < -0.3 is 9.97 Å². The van der Waals surface area contributed by atoms with Crippen LogP contribution in [0.1, 0.15) is 61.6 Å². The highest BCUT2D eigenvalue weighted by atomic mass is 14.8. The predicted octanol–water partition coefficient (Wildman–Crippen LogP) is 10.4. The molecule has 0 amide bonds. The maximum atomic E-state index is 5.10. The highest BCUT2D eigenvalue weighted by Crippen LogP contribution is 2.33. The minimum atomic E-state index is 0.621. The Kier molecular flexibility index (Phi) is 7.35. The lowest BCUT2D eigenvalue weighted by Crippen LogP contribution is -1.94. The van der Waals surface area contributed by atoms with Crippen LogP contribution in [0.25, 0.3) is 68.6 Å². The monoisotopic (exact) mass is 574 g/mol. The van der Waals surface area contributed by atoms with Crippen molar-refractivity contribution in [3.8, 4) is 22.3 Å². The van der Waals surface area contributed by atoms with Gasteiger partial charge in [0.2, 0.25) is 0 Å². The highest BCUT2D eigenvalue weighted by molar-refractivity contribution is 5.93. The molecule has 4 heteroatoms. The fourth-order valence-corrected chi connectivity index (χ4v) is 6.24. The smallest absolute Gasteiger partial charge is 0.0736 e. The fourth-order valence-electron chi connectivity index (χ4n) is 6.24. The molecule has 2 aliphatic rings. The summed E-state index contributed by atoms with van der Waals surface area (Å²) in [7, 11) is 0. The molecule has 5 heterocycles. The highest BCUT2D eigenvalue weighted by Gasteiger charge is 2.14. The molecule has 4 nitrogen and oxygen atoms in total. The van der Waals surface area contributed by atoms with E-state index in [4.69, 9.17) is 9.97 Å². The second-order valence-electron chi connectivity index (χ2n) is 12.8. The van der Waals surface area contributed by atoms with E-state index >= 15 is 0 Å². The summed E-state index contributed by atoms with van der Waals surface area (Å²) in [6.45, 7) is 9.04. The molecule has 5 aromatic rings. The summed E-state index contributed by atoms with van der Waals surface area (Å²) in [4.78, 5) is 17.5. The molecule has 218 valence electrons. The van der Waals surface area contributed by atoms with E-state index in [1.807, 2.05) is 0 Å². The summed E-state index contributed by atoms with van der Waals surface area (Å²) < 4.78 is 0. The molecule has 0 saturated heterocycles. The van der Waals surface area contributed by atoms with Gasteiger partial charge in [0.1, 0.15) is 0 Å². The molecule has 2 aromatic carbocycles. The number of aromatic nitrogens is 4. The zero-order valence-electron chi connectivity index (χ0n) is 25.9. The number of hydrogen-bond donors (Lipinski definition) is 2. The first kappa shape index (κ1) is 27.8. The number of nitrogens with zero attached hydrogens (tertiary/aromatic N) is 2. The summed E-state index contributed by atoms with van der Waals surface area (Å²) in [5.41, 5.74) is 15.0. The fraction of sp³-hybridized carbons (Fsp3) is 0.200. The molecule has 7 rings (SSSR count). The van der Waals surface area contributed by atoms with E-state index in [0.717, 1.165) is 79.9 Å². The second kappa shape index (κ2) is 11.6. The van der Waals surface area contributed by atoms with Crippen LogP contribution in [0.15, 0.2) is 84.9 Å². The van der Waals surface area contributed by atoms with E-state index in [-0.39, 0.29) is 0 Å². The summed E-state index contributed by atoms with van der Waals surface area (Å²) >= 11 is 0. The van der Waals surface area contributed by atoms with Gasteiger partial charge in [-0.25, -0.2) is 9.97 Å². The molecule has 0 saturated carbocycles. The van der Waals surface area contributed by atoms with Gasteiger partial charge in [-0.05, 0) is 108 Å². The van der Waals surface area contributed by atoms with Crippen LogP contribution in [0.5, 0.6) is 0 Å². The van der Waals surface area contributed by atoms with Crippen molar-refractivity contribution in [1.29, 1.82) is 0 Å². The Labute approximate surface area is 259 Å².